The summed E-state index contributed by atoms with van der Waals surface area (Å²) in [6.07, 6.45) is 8.16. The van der Waals surface area contributed by atoms with Gasteiger partial charge in [0.2, 0.25) is 0 Å². The first-order chi connectivity index (χ1) is 23.0. The maximum absolute atomic E-state index is 11.2. The molecule has 0 bridgehead atoms. The lowest BCUT2D eigenvalue weighted by Crippen LogP contribution is -2.45. The van der Waals surface area contributed by atoms with E-state index in [1.54, 1.807) is 25.3 Å². The second-order valence-corrected chi connectivity index (χ2v) is 14.8. The van der Waals surface area contributed by atoms with Crippen LogP contribution in [0.5, 0.6) is 17.2 Å². The molecular formula is C37H48FO7PS. The Morgan fingerprint density at radius 2 is 1.79 bits per heavy atom. The van der Waals surface area contributed by atoms with E-state index in [-0.39, 0.29) is 14.3 Å². The van der Waals surface area contributed by atoms with Gasteiger partial charge in [0.15, 0.2) is 6.29 Å². The monoisotopic (exact) mass is 688 g/mol. The first kappa shape index (κ1) is 35.3. The predicted molar refractivity (Wildman–Crippen MR) is 186 cm³/mol. The molecule has 0 amide bonds. The molecule has 10 heteroatoms. The van der Waals surface area contributed by atoms with Crippen molar-refractivity contribution >= 4 is 25.8 Å². The first-order valence-corrected chi connectivity index (χ1v) is 18.0. The molecule has 0 spiro atoms. The summed E-state index contributed by atoms with van der Waals surface area (Å²) >= 11 is 0. The number of halogens is 1. The molecule has 47 heavy (non-hydrogen) atoms. The number of methoxy groups -OCH3 is 1. The highest BCUT2D eigenvalue weighted by Crippen LogP contribution is 2.64. The van der Waals surface area contributed by atoms with Crippen LogP contribution in [-0.2, 0) is 16.5 Å². The summed E-state index contributed by atoms with van der Waals surface area (Å²) in [4.78, 5) is 11.1. The number of alkyl halides is 1. The highest BCUT2D eigenvalue weighted by atomic mass is 32.2. The van der Waals surface area contributed by atoms with Gasteiger partial charge in [-0.3, -0.25) is 13.7 Å². The zero-order valence-corrected chi connectivity index (χ0v) is 29.7. The average molecular weight is 689 g/mol. The van der Waals surface area contributed by atoms with E-state index in [0.717, 1.165) is 48.0 Å². The van der Waals surface area contributed by atoms with E-state index in [1.807, 2.05) is 19.1 Å². The van der Waals surface area contributed by atoms with E-state index < -0.39 is 10.1 Å². The van der Waals surface area contributed by atoms with Gasteiger partial charge in [0.05, 0.1) is 42.0 Å². The van der Waals surface area contributed by atoms with Crippen LogP contribution in [0.25, 0.3) is 0 Å². The zero-order chi connectivity index (χ0) is 35.1. The van der Waals surface area contributed by atoms with Gasteiger partial charge in [-0.2, -0.15) is 8.42 Å². The molecule has 256 valence electrons. The molecular weight excluding hydrogens is 638 g/mol. The number of fused-ring (bicyclic) bond motifs is 5. The fraction of sp³-hybridized carbons (Fsp3) is 0.486. The lowest BCUT2D eigenvalue weighted by Gasteiger charge is -2.53. The molecule has 3 aromatic rings. The zero-order valence-electron chi connectivity index (χ0n) is 28.9. The van der Waals surface area contributed by atoms with E-state index >= 15 is 0 Å². The summed E-state index contributed by atoms with van der Waals surface area (Å²) in [5.74, 6) is 5.71. The molecule has 5 unspecified atom stereocenters. The summed E-state index contributed by atoms with van der Waals surface area (Å²) in [7, 11) is -2.19. The second kappa shape index (κ2) is 15.9. The molecule has 7 nitrogen and oxygen atoms in total. The van der Waals surface area contributed by atoms with Crippen molar-refractivity contribution in [3.8, 4) is 17.2 Å². The number of carbonyl (C=O) groups is 1. The molecule has 3 aromatic carbocycles. The van der Waals surface area contributed by atoms with Crippen LogP contribution in [-0.4, -0.2) is 41.4 Å². The molecule has 0 aliphatic heterocycles. The Morgan fingerprint density at radius 1 is 1.06 bits per heavy atom. The molecule has 0 heterocycles. The van der Waals surface area contributed by atoms with Crippen LogP contribution >= 0.6 is 9.41 Å². The van der Waals surface area contributed by atoms with E-state index in [0.29, 0.717) is 48.3 Å². The molecule has 0 radical (unpaired) electrons. The van der Waals surface area contributed by atoms with Crippen molar-refractivity contribution in [2.45, 2.75) is 70.1 Å². The highest BCUT2D eigenvalue weighted by Gasteiger charge is 2.55. The lowest BCUT2D eigenvalue weighted by atomic mass is 9.51. The number of hydrogen-bond donors (Lipinski definition) is 1. The van der Waals surface area contributed by atoms with Crippen LogP contribution in [0, 0.1) is 36.0 Å². The van der Waals surface area contributed by atoms with Gasteiger partial charge >= 0.3 is 0 Å². The van der Waals surface area contributed by atoms with Crippen LogP contribution in [0.3, 0.4) is 0 Å². The Kier molecular flexibility index (Phi) is 12.0. The maximum atomic E-state index is 11.2. The van der Waals surface area contributed by atoms with Crippen molar-refractivity contribution in [1.82, 2.24) is 0 Å². The number of benzene rings is 3. The molecule has 0 saturated heterocycles. The Bertz CT molecular complexity index is 1640. The summed E-state index contributed by atoms with van der Waals surface area (Å²) in [6, 6.07) is 18.0. The number of hydrogen-bond acceptors (Lipinski definition) is 6. The predicted octanol–water partition coefficient (Wildman–Crippen LogP) is 8.69. The molecule has 2 fully saturated rings. The van der Waals surface area contributed by atoms with Gasteiger partial charge in [-0.1, -0.05) is 37.6 Å². The summed E-state index contributed by atoms with van der Waals surface area (Å²) in [5, 5.41) is 0. The van der Waals surface area contributed by atoms with Gasteiger partial charge in [-0.15, -0.1) is 0 Å². The topological polar surface area (TPSA) is 99.1 Å². The summed E-state index contributed by atoms with van der Waals surface area (Å²) in [6.45, 7) is 7.55. The highest BCUT2D eigenvalue weighted by molar-refractivity contribution is 7.85. The van der Waals surface area contributed by atoms with Gasteiger partial charge in [0, 0.05) is 6.07 Å². The molecule has 6 rings (SSSR count). The first-order valence-electron chi connectivity index (χ1n) is 16.6. The van der Waals surface area contributed by atoms with Crippen LogP contribution in [0.2, 0.25) is 0 Å². The van der Waals surface area contributed by atoms with Crippen molar-refractivity contribution < 1.29 is 36.2 Å². The Labute approximate surface area is 282 Å². The third kappa shape index (κ3) is 8.18. The molecule has 7 atom stereocenters. The number of rotatable bonds is 9. The fourth-order valence-corrected chi connectivity index (χ4v) is 9.12. The van der Waals surface area contributed by atoms with E-state index in [1.165, 1.54) is 48.9 Å². The van der Waals surface area contributed by atoms with Crippen molar-refractivity contribution in [3.63, 3.8) is 0 Å². The summed E-state index contributed by atoms with van der Waals surface area (Å²) in [5.41, 5.74) is 4.86. The normalized spacial score (nSPS) is 26.3. The molecule has 3 aliphatic carbocycles. The SMILES string of the molecule is CF.Cc1ccc(S(=O)(=O)O)cc1.[3H]POc1ccc2c(c1)C[C@@H](C)C1C2CCC2(C)C1CC[C@@H]2CCOc1ccc(C=O)c(OC)c1. The second-order valence-electron chi connectivity index (χ2n) is 13.2. The Balaban J connectivity index is 0.000000339. The van der Waals surface area contributed by atoms with E-state index in [2.05, 4.69) is 32.0 Å². The number of aldehydes is 1. The Morgan fingerprint density at radius 3 is 2.45 bits per heavy atom. The van der Waals surface area contributed by atoms with Crippen molar-refractivity contribution in [1.29, 1.82) is 1.28 Å². The fourth-order valence-electron chi connectivity index (χ4n) is 8.51. The van der Waals surface area contributed by atoms with Gasteiger partial charge in [0.1, 0.15) is 17.2 Å². The Hall–Kier alpha value is -3.00. The molecule has 1 N–H and O–H groups in total. The minimum Gasteiger partial charge on any atom is -0.496 e. The molecule has 0 aromatic heterocycles. The third-order valence-electron chi connectivity index (χ3n) is 10.7. The summed E-state index contributed by atoms with van der Waals surface area (Å²) < 4.78 is 63.4. The standard InChI is InChI=1S/C29H37O4P.C7H8O3S.CH3F/c1-18-14-20-15-23(33-34)7-8-24(20)25-10-12-29(2)21(5-9-26(29)28(18)25)11-13-32-22-6-4-19(17-30)27(16-22)31-3;1-6-2-4-7(5-3-6)11(8,9)10;1-2/h4,6-8,15-18,21,25-26,28H,5,9-14,34H2,1-3H3;2-5H,1H3,(H,8,9,10);1H3/t18-,21-,25?,26?,28?,29?;;/m1../s1/i34T;;/t18-,21-,25?,26?,28?,29?,34?;;. The third-order valence-corrected chi connectivity index (χ3v) is 11.8. The van der Waals surface area contributed by atoms with Crippen molar-refractivity contribution in [3.05, 3.63) is 82.9 Å². The molecule has 2 saturated carbocycles. The van der Waals surface area contributed by atoms with E-state index in [4.69, 9.17) is 19.8 Å². The van der Waals surface area contributed by atoms with Crippen LogP contribution in [0.1, 0.15) is 78.9 Å². The van der Waals surface area contributed by atoms with Crippen LogP contribution in [0.15, 0.2) is 65.6 Å². The smallest absolute Gasteiger partial charge is 0.294 e. The minimum atomic E-state index is -4.02. The van der Waals surface area contributed by atoms with Crippen molar-refractivity contribution in [2.24, 2.45) is 29.1 Å². The van der Waals surface area contributed by atoms with E-state index in [9.17, 15) is 17.6 Å². The number of ether oxygens (including phenoxy) is 2. The van der Waals surface area contributed by atoms with Crippen LogP contribution in [0.4, 0.5) is 4.39 Å². The number of carbonyl (C=O) groups excluding carboxylic acids is 1. The maximum Gasteiger partial charge on any atom is 0.294 e. The van der Waals surface area contributed by atoms with Crippen LogP contribution < -0.4 is 14.0 Å². The number of aryl methyl sites for hydroxylation is 1. The van der Waals surface area contributed by atoms with Gasteiger partial charge in [-0.05, 0) is 128 Å². The van der Waals surface area contributed by atoms with Gasteiger partial charge in [0.25, 0.3) is 10.1 Å². The minimum absolute atomic E-state index is 0.0666. The van der Waals surface area contributed by atoms with Crippen molar-refractivity contribution in [2.75, 3.05) is 20.9 Å². The largest absolute Gasteiger partial charge is 0.496 e. The van der Waals surface area contributed by atoms with Gasteiger partial charge in [-0.25, -0.2) is 0 Å². The lowest BCUT2D eigenvalue weighted by molar-refractivity contribution is 0.000928. The quantitative estimate of drug-likeness (QED) is 0.136. The van der Waals surface area contributed by atoms with Gasteiger partial charge < -0.3 is 14.0 Å². The average Bonchev–Trinajstić information content (AvgIpc) is 3.41. The molecule has 3 aliphatic rings.